The van der Waals surface area contributed by atoms with Crippen LogP contribution in [0.2, 0.25) is 0 Å². The van der Waals surface area contributed by atoms with Gasteiger partial charge in [0, 0.05) is 41.0 Å². The van der Waals surface area contributed by atoms with Gasteiger partial charge in [0.05, 0.1) is 29.9 Å². The minimum atomic E-state index is -1.29. The zero-order valence-electron chi connectivity index (χ0n) is 26.5. The minimum Gasteiger partial charge on any atom is -0.507 e. The maximum Gasteiger partial charge on any atom is 0.321 e. The van der Waals surface area contributed by atoms with E-state index in [-0.39, 0.29) is 40.7 Å². The van der Waals surface area contributed by atoms with Crippen LogP contribution < -0.4 is 16.6 Å². The molecule has 8 N–H and O–H groups in total. The molecule has 2 aliphatic heterocycles. The van der Waals surface area contributed by atoms with Crippen molar-refractivity contribution >= 4 is 23.4 Å². The van der Waals surface area contributed by atoms with E-state index >= 15 is 0 Å². The number of benzene rings is 4. The van der Waals surface area contributed by atoms with Crippen LogP contribution in [-0.2, 0) is 26.7 Å². The molecule has 0 radical (unpaired) electrons. The van der Waals surface area contributed by atoms with Gasteiger partial charge in [-0.1, -0.05) is 83.9 Å². The minimum absolute atomic E-state index is 0. The monoisotopic (exact) mass is 693 g/mol. The van der Waals surface area contributed by atoms with Crippen LogP contribution in [0.5, 0.6) is 11.5 Å². The fraction of sp³-hybridized carbons (Fsp3) is 0.222. The maximum absolute atomic E-state index is 9.86. The van der Waals surface area contributed by atoms with E-state index in [1.54, 1.807) is 12.1 Å². The van der Waals surface area contributed by atoms with Crippen LogP contribution in [0.25, 0.3) is 0 Å². The number of phenolic OH excluding ortho intramolecular Hbond substituents is 2. The quantitative estimate of drug-likeness (QED) is 0.128. The Labute approximate surface area is 289 Å². The van der Waals surface area contributed by atoms with Gasteiger partial charge in [-0.15, -0.1) is 0 Å². The predicted octanol–water partition coefficient (Wildman–Crippen LogP) is 5.15. The molecule has 0 saturated heterocycles. The number of phenols is 2. The van der Waals surface area contributed by atoms with Crippen LogP contribution in [0.4, 0.5) is 0 Å². The van der Waals surface area contributed by atoms with E-state index < -0.39 is 24.4 Å². The number of carboxylic acids is 2. The molecule has 4 aromatic rings. The van der Waals surface area contributed by atoms with Crippen molar-refractivity contribution in [1.82, 2.24) is 10.9 Å². The average molecular weight is 694 g/mol. The molecule has 0 aromatic heterocycles. The number of nitrogens with two attached hydrogens (primary N) is 1. The van der Waals surface area contributed by atoms with Crippen LogP contribution in [0, 0.1) is 13.8 Å². The number of hydrogen-bond donors (Lipinski definition) is 7. The molecule has 3 unspecified atom stereocenters. The van der Waals surface area contributed by atoms with E-state index in [2.05, 4.69) is 83.4 Å². The summed E-state index contributed by atoms with van der Waals surface area (Å²) in [5.41, 5.74) is 19.5. The summed E-state index contributed by atoms with van der Waals surface area (Å²) < 4.78 is 0. The van der Waals surface area contributed by atoms with Gasteiger partial charge < -0.3 is 37.0 Å². The predicted molar refractivity (Wildman–Crippen MR) is 180 cm³/mol. The molecule has 11 nitrogen and oxygen atoms in total. The van der Waals surface area contributed by atoms with Crippen LogP contribution in [0.3, 0.4) is 0 Å². The van der Waals surface area contributed by atoms with E-state index in [9.17, 15) is 19.8 Å². The van der Waals surface area contributed by atoms with Crippen molar-refractivity contribution in [3.05, 3.63) is 130 Å². The van der Waals surface area contributed by atoms with Gasteiger partial charge in [0.1, 0.15) is 17.5 Å². The first kappa shape index (κ1) is 37.3. The van der Waals surface area contributed by atoms with Crippen molar-refractivity contribution in [2.45, 2.75) is 51.2 Å². The van der Waals surface area contributed by atoms with Crippen molar-refractivity contribution in [1.29, 1.82) is 0 Å². The molecule has 0 fully saturated rings. The number of aliphatic carboxylic acids is 2. The van der Waals surface area contributed by atoms with Gasteiger partial charge in [0.15, 0.2) is 0 Å². The zero-order chi connectivity index (χ0) is 33.9. The van der Waals surface area contributed by atoms with Gasteiger partial charge in [0.25, 0.3) is 0 Å². The van der Waals surface area contributed by atoms with Gasteiger partial charge in [0.2, 0.25) is 0 Å². The number of hydrogen-bond acceptors (Lipinski definition) is 9. The standard InChI is InChI=1S/2C16H16N2O.C4H7NO4.Fe/c2*1-11-6-8-12(9-7-11)14-10-15(18-17-14)13-4-2-3-5-16(13)19;5-2(4(8)9)1-3(6)7;/h2*2-9,14,17,19H,10H2,1H3;2H,1,5H2,(H,6,7)(H,8,9);. The second-order valence-electron chi connectivity index (χ2n) is 11.3. The molecule has 0 saturated carbocycles. The number of carboxylic acid groups (broad SMARTS) is 2. The number of nitrogens with one attached hydrogen (secondary N) is 2. The Morgan fingerprint density at radius 3 is 1.40 bits per heavy atom. The molecule has 0 bridgehead atoms. The molecule has 4 aromatic carbocycles. The molecule has 2 aliphatic rings. The second-order valence-corrected chi connectivity index (χ2v) is 11.3. The zero-order valence-corrected chi connectivity index (χ0v) is 27.6. The number of aromatic hydroxyl groups is 2. The molecule has 48 heavy (non-hydrogen) atoms. The first-order valence-corrected chi connectivity index (χ1v) is 15.1. The van der Waals surface area contributed by atoms with Gasteiger partial charge in [-0.05, 0) is 49.2 Å². The molecule has 2 heterocycles. The largest absolute Gasteiger partial charge is 0.507 e. The third-order valence-corrected chi connectivity index (χ3v) is 7.61. The van der Waals surface area contributed by atoms with Crippen LogP contribution in [0.15, 0.2) is 107 Å². The van der Waals surface area contributed by atoms with E-state index in [4.69, 9.17) is 15.9 Å². The topological polar surface area (TPSA) is 190 Å². The van der Waals surface area contributed by atoms with E-state index in [0.29, 0.717) is 0 Å². The van der Waals surface area contributed by atoms with Crippen LogP contribution in [0.1, 0.15) is 64.7 Å². The van der Waals surface area contributed by atoms with Gasteiger partial charge in [-0.25, -0.2) is 0 Å². The van der Waals surface area contributed by atoms with Gasteiger partial charge >= 0.3 is 11.9 Å². The van der Waals surface area contributed by atoms with Gasteiger partial charge in [-0.2, -0.15) is 10.2 Å². The molecule has 3 atom stereocenters. The summed E-state index contributed by atoms with van der Waals surface area (Å²) in [5, 5.41) is 44.5. The second kappa shape index (κ2) is 17.7. The number of carbonyl (C=O) groups is 2. The Morgan fingerprint density at radius 2 is 1.08 bits per heavy atom. The summed E-state index contributed by atoms with van der Waals surface area (Å²) in [6.07, 6.45) is 1.05. The molecular weight excluding hydrogens is 654 g/mol. The summed E-state index contributed by atoms with van der Waals surface area (Å²) in [6, 6.07) is 30.6. The molecular formula is C36H39FeN5O6. The summed E-state index contributed by atoms with van der Waals surface area (Å²) in [6.45, 7) is 4.16. The van der Waals surface area contributed by atoms with Crippen molar-refractivity contribution in [3.8, 4) is 11.5 Å². The van der Waals surface area contributed by atoms with E-state index in [1.807, 2.05) is 36.4 Å². The first-order valence-electron chi connectivity index (χ1n) is 15.1. The third-order valence-electron chi connectivity index (χ3n) is 7.61. The van der Waals surface area contributed by atoms with Crippen molar-refractivity contribution in [3.63, 3.8) is 0 Å². The summed E-state index contributed by atoms with van der Waals surface area (Å²) in [5.74, 6) is -1.93. The Bertz CT molecular complexity index is 1630. The summed E-state index contributed by atoms with van der Waals surface area (Å²) in [7, 11) is 0. The fourth-order valence-electron chi connectivity index (χ4n) is 4.91. The smallest absolute Gasteiger partial charge is 0.321 e. The summed E-state index contributed by atoms with van der Waals surface area (Å²) >= 11 is 0. The molecule has 12 heteroatoms. The van der Waals surface area contributed by atoms with Crippen molar-refractivity contribution in [2.24, 2.45) is 15.9 Å². The molecule has 0 aliphatic carbocycles. The fourth-order valence-corrected chi connectivity index (χ4v) is 4.91. The molecule has 252 valence electrons. The third kappa shape index (κ3) is 10.4. The average Bonchev–Trinajstić information content (AvgIpc) is 3.74. The Hall–Kier alpha value is -5.16. The van der Waals surface area contributed by atoms with E-state index in [1.165, 1.54) is 22.3 Å². The normalized spacial score (nSPS) is 16.6. The van der Waals surface area contributed by atoms with Crippen molar-refractivity contribution in [2.75, 3.05) is 0 Å². The van der Waals surface area contributed by atoms with Gasteiger partial charge in [-0.3, -0.25) is 9.59 Å². The summed E-state index contributed by atoms with van der Waals surface area (Å²) in [4.78, 5) is 19.6. The Morgan fingerprint density at radius 1 is 0.708 bits per heavy atom. The Kier molecular flexibility index (Phi) is 13.7. The molecule has 0 amide bonds. The molecule has 0 spiro atoms. The number of rotatable bonds is 7. The SMILES string of the molecule is Cc1ccc(C2CC(c3ccccc3O)=NN2)cc1.Cc1ccc(C2CC(c3ccccc3O)=NN2)cc1.NC(CC(=O)O)C(=O)O.[Fe]. The number of para-hydroxylation sites is 2. The molecule has 6 rings (SSSR count). The maximum atomic E-state index is 9.86. The Balaban J connectivity index is 0.000000207. The number of aryl methyl sites for hydroxylation is 2. The van der Waals surface area contributed by atoms with Crippen LogP contribution >= 0.6 is 0 Å². The van der Waals surface area contributed by atoms with Crippen molar-refractivity contribution < 1.29 is 47.1 Å². The van der Waals surface area contributed by atoms with Crippen LogP contribution in [-0.4, -0.2) is 49.8 Å². The number of nitrogens with zero attached hydrogens (tertiary/aromatic N) is 2. The number of hydrazone groups is 2. The van der Waals surface area contributed by atoms with E-state index in [0.717, 1.165) is 35.4 Å². The first-order chi connectivity index (χ1) is 22.5.